The lowest BCUT2D eigenvalue weighted by Gasteiger charge is -2.21. The standard InChI is InChI=1S/C14H18FNO/c1-10-8-12(2-3-13(10)15)14(17)9-11-4-6-16-7-5-11/h2-3,8,11,16H,4-7,9H2,1H3. The van der Waals surface area contributed by atoms with Crippen LogP contribution in [0.3, 0.4) is 0 Å². The highest BCUT2D eigenvalue weighted by Gasteiger charge is 2.18. The zero-order valence-electron chi connectivity index (χ0n) is 10.1. The Bertz CT molecular complexity index is 411. The van der Waals surface area contributed by atoms with Crippen molar-refractivity contribution in [2.45, 2.75) is 26.2 Å². The Kier molecular flexibility index (Phi) is 3.89. The molecule has 0 atom stereocenters. The summed E-state index contributed by atoms with van der Waals surface area (Å²) >= 11 is 0. The molecule has 0 radical (unpaired) electrons. The highest BCUT2D eigenvalue weighted by Crippen LogP contribution is 2.19. The van der Waals surface area contributed by atoms with Gasteiger partial charge in [0.25, 0.3) is 0 Å². The molecule has 1 aliphatic rings. The van der Waals surface area contributed by atoms with E-state index in [-0.39, 0.29) is 11.6 Å². The fraction of sp³-hybridized carbons (Fsp3) is 0.500. The Morgan fingerprint density at radius 3 is 2.76 bits per heavy atom. The molecule has 0 amide bonds. The summed E-state index contributed by atoms with van der Waals surface area (Å²) in [6.07, 6.45) is 2.71. The van der Waals surface area contributed by atoms with Crippen LogP contribution < -0.4 is 5.32 Å². The van der Waals surface area contributed by atoms with Gasteiger partial charge in [-0.05, 0) is 62.5 Å². The molecule has 1 fully saturated rings. The maximum Gasteiger partial charge on any atom is 0.163 e. The Labute approximate surface area is 101 Å². The van der Waals surface area contributed by atoms with Crippen molar-refractivity contribution in [3.63, 3.8) is 0 Å². The smallest absolute Gasteiger partial charge is 0.163 e. The summed E-state index contributed by atoms with van der Waals surface area (Å²) in [5.41, 5.74) is 1.18. The minimum absolute atomic E-state index is 0.139. The van der Waals surface area contributed by atoms with Crippen LogP contribution in [0.1, 0.15) is 35.2 Å². The van der Waals surface area contributed by atoms with Gasteiger partial charge in [-0.15, -0.1) is 0 Å². The molecule has 0 bridgehead atoms. The molecule has 0 saturated carbocycles. The zero-order chi connectivity index (χ0) is 12.3. The average molecular weight is 235 g/mol. The Morgan fingerprint density at radius 2 is 2.12 bits per heavy atom. The van der Waals surface area contributed by atoms with Crippen LogP contribution in [-0.2, 0) is 0 Å². The number of hydrogen-bond acceptors (Lipinski definition) is 2. The van der Waals surface area contributed by atoms with E-state index in [1.165, 1.54) is 6.07 Å². The zero-order valence-corrected chi connectivity index (χ0v) is 10.1. The highest BCUT2D eigenvalue weighted by atomic mass is 19.1. The van der Waals surface area contributed by atoms with Gasteiger partial charge in [-0.2, -0.15) is 0 Å². The summed E-state index contributed by atoms with van der Waals surface area (Å²) in [5, 5.41) is 3.28. The first-order chi connectivity index (χ1) is 8.16. The van der Waals surface area contributed by atoms with Crippen molar-refractivity contribution in [2.75, 3.05) is 13.1 Å². The van der Waals surface area contributed by atoms with Crippen molar-refractivity contribution in [3.8, 4) is 0 Å². The number of piperidine rings is 1. The summed E-state index contributed by atoms with van der Waals surface area (Å²) in [4.78, 5) is 12.0. The van der Waals surface area contributed by atoms with Crippen LogP contribution in [0.5, 0.6) is 0 Å². The number of carbonyl (C=O) groups excluding carboxylic acids is 1. The molecule has 0 spiro atoms. The van der Waals surface area contributed by atoms with Crippen LogP contribution in [-0.4, -0.2) is 18.9 Å². The molecular weight excluding hydrogens is 217 g/mol. The minimum Gasteiger partial charge on any atom is -0.317 e. The number of benzene rings is 1. The van der Waals surface area contributed by atoms with Gasteiger partial charge in [0.1, 0.15) is 5.82 Å². The van der Waals surface area contributed by atoms with Crippen LogP contribution in [0.15, 0.2) is 18.2 Å². The Morgan fingerprint density at radius 1 is 1.41 bits per heavy atom. The molecule has 1 saturated heterocycles. The number of hydrogen-bond donors (Lipinski definition) is 1. The van der Waals surface area contributed by atoms with Gasteiger partial charge in [-0.3, -0.25) is 4.79 Å². The SMILES string of the molecule is Cc1cc(C(=O)CC2CCNCC2)ccc1F. The third-order valence-electron chi connectivity index (χ3n) is 3.41. The molecule has 3 heteroatoms. The van der Waals surface area contributed by atoms with Gasteiger partial charge in [0.2, 0.25) is 0 Å². The van der Waals surface area contributed by atoms with Crippen molar-refractivity contribution < 1.29 is 9.18 Å². The van der Waals surface area contributed by atoms with E-state index in [9.17, 15) is 9.18 Å². The van der Waals surface area contributed by atoms with Crippen molar-refractivity contribution >= 4 is 5.78 Å². The van der Waals surface area contributed by atoms with E-state index >= 15 is 0 Å². The Hall–Kier alpha value is -1.22. The van der Waals surface area contributed by atoms with E-state index in [1.54, 1.807) is 19.1 Å². The van der Waals surface area contributed by atoms with E-state index < -0.39 is 0 Å². The second-order valence-electron chi connectivity index (χ2n) is 4.78. The maximum atomic E-state index is 13.1. The fourth-order valence-electron chi connectivity index (χ4n) is 2.28. The minimum atomic E-state index is -0.247. The van der Waals surface area contributed by atoms with Gasteiger partial charge in [-0.1, -0.05) is 0 Å². The number of carbonyl (C=O) groups is 1. The van der Waals surface area contributed by atoms with Gasteiger partial charge in [0.05, 0.1) is 0 Å². The number of ketones is 1. The molecule has 17 heavy (non-hydrogen) atoms. The molecule has 1 N–H and O–H groups in total. The molecule has 2 nitrogen and oxygen atoms in total. The molecule has 0 aliphatic carbocycles. The number of Topliss-reactive ketones (excluding diaryl/α,β-unsaturated/α-hetero) is 1. The third-order valence-corrected chi connectivity index (χ3v) is 3.41. The van der Waals surface area contributed by atoms with E-state index in [1.807, 2.05) is 0 Å². The topological polar surface area (TPSA) is 29.1 Å². The number of aryl methyl sites for hydroxylation is 1. The normalized spacial score (nSPS) is 17.1. The van der Waals surface area contributed by atoms with Gasteiger partial charge < -0.3 is 5.32 Å². The maximum absolute atomic E-state index is 13.1. The van der Waals surface area contributed by atoms with E-state index in [4.69, 9.17) is 0 Å². The monoisotopic (exact) mass is 235 g/mol. The fourth-order valence-corrected chi connectivity index (χ4v) is 2.28. The van der Waals surface area contributed by atoms with E-state index in [2.05, 4.69) is 5.32 Å². The van der Waals surface area contributed by atoms with Crippen molar-refractivity contribution in [1.82, 2.24) is 5.32 Å². The number of rotatable bonds is 3. The number of nitrogens with one attached hydrogen (secondary N) is 1. The van der Waals surface area contributed by atoms with Crippen LogP contribution in [0, 0.1) is 18.7 Å². The third kappa shape index (κ3) is 3.13. The summed E-state index contributed by atoms with van der Waals surface area (Å²) in [6, 6.07) is 4.62. The van der Waals surface area contributed by atoms with Gasteiger partial charge >= 0.3 is 0 Å². The number of halogens is 1. The second-order valence-corrected chi connectivity index (χ2v) is 4.78. The highest BCUT2D eigenvalue weighted by molar-refractivity contribution is 5.96. The molecule has 1 heterocycles. The second kappa shape index (κ2) is 5.41. The molecule has 1 aliphatic heterocycles. The van der Waals surface area contributed by atoms with Gasteiger partial charge in [-0.25, -0.2) is 4.39 Å². The molecule has 1 aromatic carbocycles. The first kappa shape index (κ1) is 12.2. The molecular formula is C14H18FNO. The van der Waals surface area contributed by atoms with Crippen LogP contribution in [0.4, 0.5) is 4.39 Å². The predicted octanol–water partition coefficient (Wildman–Crippen LogP) is 2.71. The van der Waals surface area contributed by atoms with Gasteiger partial charge in [0, 0.05) is 12.0 Å². The first-order valence-electron chi connectivity index (χ1n) is 6.17. The van der Waals surface area contributed by atoms with Crippen molar-refractivity contribution in [2.24, 2.45) is 5.92 Å². The summed E-state index contributed by atoms with van der Waals surface area (Å²) in [7, 11) is 0. The van der Waals surface area contributed by atoms with Crippen LogP contribution in [0.2, 0.25) is 0 Å². The predicted molar refractivity (Wildman–Crippen MR) is 65.7 cm³/mol. The van der Waals surface area contributed by atoms with Crippen molar-refractivity contribution in [1.29, 1.82) is 0 Å². The van der Waals surface area contributed by atoms with Crippen molar-refractivity contribution in [3.05, 3.63) is 35.1 Å². The van der Waals surface area contributed by atoms with Crippen LogP contribution in [0.25, 0.3) is 0 Å². The summed E-state index contributed by atoms with van der Waals surface area (Å²) < 4.78 is 13.1. The molecule has 92 valence electrons. The lowest BCUT2D eigenvalue weighted by atomic mass is 9.90. The van der Waals surface area contributed by atoms with Crippen LogP contribution >= 0.6 is 0 Å². The molecule has 2 rings (SSSR count). The quantitative estimate of drug-likeness (QED) is 0.816. The van der Waals surface area contributed by atoms with Gasteiger partial charge in [0.15, 0.2) is 5.78 Å². The molecule has 1 aromatic rings. The largest absolute Gasteiger partial charge is 0.317 e. The summed E-state index contributed by atoms with van der Waals surface area (Å²) in [6.45, 7) is 3.69. The molecule has 0 aromatic heterocycles. The molecule has 0 unspecified atom stereocenters. The summed E-state index contributed by atoms with van der Waals surface area (Å²) in [5.74, 6) is 0.373. The Balaban J connectivity index is 2.01. The lowest BCUT2D eigenvalue weighted by molar-refractivity contribution is 0.0952. The average Bonchev–Trinajstić information content (AvgIpc) is 2.34. The van der Waals surface area contributed by atoms with E-state index in [0.29, 0.717) is 23.5 Å². The lowest BCUT2D eigenvalue weighted by Crippen LogP contribution is -2.28. The first-order valence-corrected chi connectivity index (χ1v) is 6.17. The van der Waals surface area contributed by atoms with E-state index in [0.717, 1.165) is 25.9 Å².